The van der Waals surface area contributed by atoms with Crippen LogP contribution in [-0.2, 0) is 4.79 Å². The lowest BCUT2D eigenvalue weighted by Crippen LogP contribution is -2.17. The Bertz CT molecular complexity index is 1120. The summed E-state index contributed by atoms with van der Waals surface area (Å²) >= 11 is 0. The van der Waals surface area contributed by atoms with E-state index in [0.717, 1.165) is 17.0 Å². The smallest absolute Gasteiger partial charge is 0.341 e. The molecule has 0 saturated carbocycles. The Balaban J connectivity index is 2.09. The Morgan fingerprint density at radius 3 is 2.37 bits per heavy atom. The minimum Gasteiger partial charge on any atom is -0.479 e. The van der Waals surface area contributed by atoms with Crippen molar-refractivity contribution in [2.75, 3.05) is 18.6 Å². The Hall–Kier alpha value is -3.55. The van der Waals surface area contributed by atoms with Gasteiger partial charge in [0.05, 0.1) is 5.69 Å². The quantitative estimate of drug-likeness (QED) is 0.540. The van der Waals surface area contributed by atoms with Crippen molar-refractivity contribution in [3.05, 3.63) is 77.4 Å². The summed E-state index contributed by atoms with van der Waals surface area (Å²) in [7, 11) is 1.26. The van der Waals surface area contributed by atoms with Gasteiger partial charge in [-0.3, -0.25) is 0 Å². The van der Waals surface area contributed by atoms with Gasteiger partial charge in [0, 0.05) is 7.05 Å². The number of nitrogens with zero attached hydrogens (tertiary/aromatic N) is 1. The third kappa shape index (κ3) is 4.22. The molecule has 8 heteroatoms. The van der Waals surface area contributed by atoms with Crippen molar-refractivity contribution in [2.45, 2.75) is 6.92 Å². The van der Waals surface area contributed by atoms with Crippen molar-refractivity contribution < 1.29 is 32.2 Å². The number of ether oxygens (including phenoxy) is 1. The Labute approximate surface area is 169 Å². The molecular formula is C22H17F4NO3. The highest BCUT2D eigenvalue weighted by molar-refractivity contribution is 5.74. The first-order chi connectivity index (χ1) is 14.2. The van der Waals surface area contributed by atoms with Crippen LogP contribution in [0.5, 0.6) is 5.75 Å². The molecule has 0 unspecified atom stereocenters. The zero-order valence-corrected chi connectivity index (χ0v) is 16.0. The molecule has 30 heavy (non-hydrogen) atoms. The molecule has 3 aromatic carbocycles. The predicted octanol–water partition coefficient (Wildman–Crippen LogP) is 5.45. The number of hydrogen-bond donors (Lipinski definition) is 1. The Morgan fingerprint density at radius 2 is 1.70 bits per heavy atom. The highest BCUT2D eigenvalue weighted by Gasteiger charge is 2.24. The van der Waals surface area contributed by atoms with Crippen molar-refractivity contribution in [3.63, 3.8) is 0 Å². The molecule has 0 heterocycles. The molecule has 0 radical (unpaired) electrons. The molecule has 0 bridgehead atoms. The van der Waals surface area contributed by atoms with Crippen LogP contribution in [0, 0.1) is 30.2 Å². The van der Waals surface area contributed by atoms with Crippen LogP contribution in [-0.4, -0.2) is 24.7 Å². The number of aryl methyl sites for hydroxylation is 1. The molecule has 0 fully saturated rings. The van der Waals surface area contributed by atoms with Gasteiger partial charge in [0.2, 0.25) is 0 Å². The highest BCUT2D eigenvalue weighted by atomic mass is 19.1. The maximum atomic E-state index is 14.9. The molecule has 0 aliphatic heterocycles. The van der Waals surface area contributed by atoms with Gasteiger partial charge in [-0.05, 0) is 53.9 Å². The summed E-state index contributed by atoms with van der Waals surface area (Å²) < 4.78 is 62.7. The van der Waals surface area contributed by atoms with E-state index in [4.69, 9.17) is 9.84 Å². The first-order valence-electron chi connectivity index (χ1n) is 8.81. The van der Waals surface area contributed by atoms with Crippen LogP contribution >= 0.6 is 0 Å². The molecule has 3 aromatic rings. The second-order valence-electron chi connectivity index (χ2n) is 6.59. The number of carbonyl (C=O) groups is 1. The van der Waals surface area contributed by atoms with Gasteiger partial charge in [0.1, 0.15) is 17.3 Å². The van der Waals surface area contributed by atoms with Gasteiger partial charge >= 0.3 is 5.97 Å². The number of halogens is 4. The maximum Gasteiger partial charge on any atom is 0.341 e. The third-order valence-electron chi connectivity index (χ3n) is 4.48. The predicted molar refractivity (Wildman–Crippen MR) is 104 cm³/mol. The molecule has 156 valence electrons. The number of carboxylic acids is 1. The highest BCUT2D eigenvalue weighted by Crippen LogP contribution is 2.38. The minimum atomic E-state index is -1.33. The van der Waals surface area contributed by atoms with Crippen molar-refractivity contribution in [2.24, 2.45) is 0 Å². The van der Waals surface area contributed by atoms with Gasteiger partial charge in [-0.1, -0.05) is 18.2 Å². The van der Waals surface area contributed by atoms with E-state index in [0.29, 0.717) is 11.1 Å². The minimum absolute atomic E-state index is 0.0136. The van der Waals surface area contributed by atoms with Crippen molar-refractivity contribution in [3.8, 4) is 16.9 Å². The van der Waals surface area contributed by atoms with Gasteiger partial charge in [-0.15, -0.1) is 0 Å². The lowest BCUT2D eigenvalue weighted by Gasteiger charge is -2.24. The van der Waals surface area contributed by atoms with E-state index in [9.17, 15) is 22.4 Å². The van der Waals surface area contributed by atoms with Crippen molar-refractivity contribution >= 4 is 17.3 Å². The van der Waals surface area contributed by atoms with Crippen LogP contribution in [0.15, 0.2) is 48.5 Å². The van der Waals surface area contributed by atoms with Gasteiger partial charge in [-0.2, -0.15) is 0 Å². The molecular weight excluding hydrogens is 402 g/mol. The van der Waals surface area contributed by atoms with E-state index in [1.807, 2.05) is 0 Å². The van der Waals surface area contributed by atoms with Crippen LogP contribution in [0.2, 0.25) is 0 Å². The molecule has 0 aromatic heterocycles. The fourth-order valence-corrected chi connectivity index (χ4v) is 3.00. The summed E-state index contributed by atoms with van der Waals surface area (Å²) in [5.41, 5.74) is 0.115. The zero-order chi connectivity index (χ0) is 22.0. The van der Waals surface area contributed by atoms with Crippen LogP contribution in [0.25, 0.3) is 11.1 Å². The van der Waals surface area contributed by atoms with Crippen LogP contribution < -0.4 is 9.64 Å². The molecule has 0 spiro atoms. The van der Waals surface area contributed by atoms with Gasteiger partial charge in [0.25, 0.3) is 0 Å². The number of anilines is 2. The van der Waals surface area contributed by atoms with Gasteiger partial charge < -0.3 is 14.7 Å². The second kappa shape index (κ2) is 8.44. The molecule has 1 N–H and O–H groups in total. The SMILES string of the molecule is Cc1cc(OCC(=O)O)c(F)c(N(C)c2cc(-c3cccc(F)c3)ccc2F)c1F. The summed E-state index contributed by atoms with van der Waals surface area (Å²) in [4.78, 5) is 11.7. The molecule has 3 rings (SSSR count). The van der Waals surface area contributed by atoms with E-state index < -0.39 is 47.3 Å². The summed E-state index contributed by atoms with van der Waals surface area (Å²) in [6, 6.07) is 10.5. The number of carboxylic acid groups (broad SMARTS) is 1. The molecule has 0 atom stereocenters. The second-order valence-corrected chi connectivity index (χ2v) is 6.59. The lowest BCUT2D eigenvalue weighted by molar-refractivity contribution is -0.139. The molecule has 0 aliphatic rings. The van der Waals surface area contributed by atoms with Crippen LogP contribution in [0.1, 0.15) is 5.56 Å². The molecule has 0 amide bonds. The number of aliphatic carboxylic acids is 1. The number of benzene rings is 3. The standard InChI is InChI=1S/C22H17F4NO3/c1-12-8-18(30-11-19(28)29)21(26)22(20(12)25)27(2)17-10-14(6-7-16(17)24)13-4-3-5-15(23)9-13/h3-10H,11H2,1-2H3,(H,28,29). The fraction of sp³-hybridized carbons (Fsp3) is 0.136. The summed E-state index contributed by atoms with van der Waals surface area (Å²) in [5.74, 6) is -5.17. The fourth-order valence-electron chi connectivity index (χ4n) is 3.00. The summed E-state index contributed by atoms with van der Waals surface area (Å²) in [6.07, 6.45) is 0. The first-order valence-corrected chi connectivity index (χ1v) is 8.81. The first kappa shape index (κ1) is 21.2. The van der Waals surface area contributed by atoms with E-state index in [-0.39, 0.29) is 11.3 Å². The third-order valence-corrected chi connectivity index (χ3v) is 4.48. The number of hydrogen-bond acceptors (Lipinski definition) is 3. The van der Waals surface area contributed by atoms with Crippen LogP contribution in [0.4, 0.5) is 28.9 Å². The number of rotatable bonds is 6. The average molecular weight is 419 g/mol. The van der Waals surface area contributed by atoms with Crippen LogP contribution in [0.3, 0.4) is 0 Å². The van der Waals surface area contributed by atoms with Gasteiger partial charge in [-0.25, -0.2) is 22.4 Å². The monoisotopic (exact) mass is 419 g/mol. The van der Waals surface area contributed by atoms with Gasteiger partial charge in [0.15, 0.2) is 24.0 Å². The summed E-state index contributed by atoms with van der Waals surface area (Å²) in [5, 5.41) is 8.73. The molecule has 0 aliphatic carbocycles. The van der Waals surface area contributed by atoms with E-state index in [1.165, 1.54) is 44.3 Å². The normalized spacial score (nSPS) is 10.7. The Kier molecular flexibility index (Phi) is 5.96. The Morgan fingerprint density at radius 1 is 1.00 bits per heavy atom. The maximum absolute atomic E-state index is 14.9. The van der Waals surface area contributed by atoms with E-state index in [2.05, 4.69) is 0 Å². The topological polar surface area (TPSA) is 49.8 Å². The van der Waals surface area contributed by atoms with Crippen molar-refractivity contribution in [1.82, 2.24) is 0 Å². The largest absolute Gasteiger partial charge is 0.479 e. The molecule has 0 saturated heterocycles. The molecule has 4 nitrogen and oxygen atoms in total. The van der Waals surface area contributed by atoms with Crippen molar-refractivity contribution in [1.29, 1.82) is 0 Å². The van der Waals surface area contributed by atoms with E-state index >= 15 is 0 Å². The summed E-state index contributed by atoms with van der Waals surface area (Å²) in [6.45, 7) is 0.522. The average Bonchev–Trinajstić information content (AvgIpc) is 2.70. The lowest BCUT2D eigenvalue weighted by atomic mass is 10.0. The van der Waals surface area contributed by atoms with E-state index in [1.54, 1.807) is 6.07 Å². The zero-order valence-electron chi connectivity index (χ0n) is 16.0.